The van der Waals surface area contributed by atoms with E-state index >= 15 is 0 Å². The molecule has 36 heavy (non-hydrogen) atoms. The summed E-state index contributed by atoms with van der Waals surface area (Å²) in [6, 6.07) is 15.1. The first-order valence-electron chi connectivity index (χ1n) is 11.4. The van der Waals surface area contributed by atoms with Crippen molar-refractivity contribution in [2.75, 3.05) is 26.6 Å². The van der Waals surface area contributed by atoms with E-state index in [1.165, 1.54) is 36.7 Å². The average Bonchev–Trinajstić information content (AvgIpc) is 3.26. The summed E-state index contributed by atoms with van der Waals surface area (Å²) in [7, 11) is 4.36. The van der Waals surface area contributed by atoms with E-state index < -0.39 is 29.4 Å². The molecule has 3 unspecified atom stereocenters. The quantitative estimate of drug-likeness (QED) is 0.372. The number of allylic oxidation sites excluding steroid dienone is 1. The Labute approximate surface area is 214 Å². The summed E-state index contributed by atoms with van der Waals surface area (Å²) in [6.07, 6.45) is 1.66. The summed E-state index contributed by atoms with van der Waals surface area (Å²) in [6.45, 7) is 3.73. The molecule has 0 radical (unpaired) electrons. The van der Waals surface area contributed by atoms with Crippen LogP contribution in [0.25, 0.3) is 11.1 Å². The number of hydrogen-bond donors (Lipinski definition) is 2. The molecule has 2 aliphatic carbocycles. The number of methoxy groups -OCH3 is 3. The second-order valence-electron chi connectivity index (χ2n) is 8.60. The van der Waals surface area contributed by atoms with Crippen molar-refractivity contribution in [2.24, 2.45) is 5.92 Å². The van der Waals surface area contributed by atoms with Gasteiger partial charge in [0.25, 0.3) is 0 Å². The maximum Gasteiger partial charge on any atom is 0.337 e. The van der Waals surface area contributed by atoms with Crippen molar-refractivity contribution in [2.45, 2.75) is 25.4 Å². The molecule has 2 N–H and O–H groups in total. The Bertz CT molecular complexity index is 1280. The van der Waals surface area contributed by atoms with E-state index in [1.54, 1.807) is 20.2 Å². The van der Waals surface area contributed by atoms with Crippen LogP contribution in [0.3, 0.4) is 0 Å². The third kappa shape index (κ3) is 4.79. The summed E-state index contributed by atoms with van der Waals surface area (Å²) >= 11 is 1.39. The molecule has 1 aromatic heterocycles. The molecule has 0 saturated heterocycles. The van der Waals surface area contributed by atoms with Crippen LogP contribution in [0.15, 0.2) is 71.4 Å². The number of benzene rings is 2. The van der Waals surface area contributed by atoms with E-state index in [1.807, 2.05) is 48.7 Å². The smallest absolute Gasteiger partial charge is 0.337 e. The molecule has 0 saturated carbocycles. The van der Waals surface area contributed by atoms with Crippen LogP contribution in [0.2, 0.25) is 0 Å². The lowest BCUT2D eigenvalue weighted by molar-refractivity contribution is -0.149. The lowest BCUT2D eigenvalue weighted by atomic mass is 9.70. The van der Waals surface area contributed by atoms with Crippen LogP contribution in [-0.2, 0) is 24.6 Å². The number of nitrogens with zero attached hydrogens (tertiary/aromatic N) is 1. The van der Waals surface area contributed by atoms with Gasteiger partial charge in [0.1, 0.15) is 11.7 Å². The van der Waals surface area contributed by atoms with Crippen molar-refractivity contribution >= 4 is 28.4 Å². The van der Waals surface area contributed by atoms with Crippen molar-refractivity contribution in [3.8, 4) is 16.9 Å². The number of aromatic nitrogens is 1. The van der Waals surface area contributed by atoms with E-state index in [4.69, 9.17) is 14.2 Å². The number of esters is 2. The number of fused-ring (bicyclic) bond motifs is 1. The predicted octanol–water partition coefficient (Wildman–Crippen LogP) is 4.35. The Hall–Kier alpha value is -3.85. The van der Waals surface area contributed by atoms with Gasteiger partial charge in [-0.1, -0.05) is 36.4 Å². The fourth-order valence-electron chi connectivity index (χ4n) is 4.68. The van der Waals surface area contributed by atoms with Crippen molar-refractivity contribution in [3.05, 3.63) is 76.9 Å². The maximum atomic E-state index is 13.0. The summed E-state index contributed by atoms with van der Waals surface area (Å²) in [5.41, 5.74) is 3.69. The van der Waals surface area contributed by atoms with Gasteiger partial charge >= 0.3 is 11.9 Å². The van der Waals surface area contributed by atoms with Gasteiger partial charge in [-0.05, 0) is 37.1 Å². The highest BCUT2D eigenvalue weighted by Crippen LogP contribution is 2.43. The summed E-state index contributed by atoms with van der Waals surface area (Å²) in [5.74, 6) is -0.688. The Kier molecular flexibility index (Phi) is 7.30. The standard InChI is InChI=1S/C20H23N3O4S.C7H6O/c1-12-14(17(24)26-3)16(22-19-21-10-11-28-19)15(18(25)27-4)20(2,23-12)13-8-6-5-7-9-13;1-8-7-3-2-5-4-6(5)7/h5-11,15-16,23H,1-4H3,(H,21,22);2-4H,1H3. The molecule has 3 atom stereocenters. The Morgan fingerprint density at radius 2 is 1.83 bits per heavy atom. The van der Waals surface area contributed by atoms with Crippen molar-refractivity contribution in [1.82, 2.24) is 10.3 Å². The molecular formula is C27H29N3O5S. The summed E-state index contributed by atoms with van der Waals surface area (Å²) in [5, 5.41) is 9.05. The minimum absolute atomic E-state index is 0.349. The molecule has 0 spiro atoms. The second-order valence-corrected chi connectivity index (χ2v) is 9.49. The fourth-order valence-corrected chi connectivity index (χ4v) is 5.25. The van der Waals surface area contributed by atoms with E-state index in [9.17, 15) is 9.59 Å². The third-order valence-electron chi connectivity index (χ3n) is 6.49. The Morgan fingerprint density at radius 3 is 2.33 bits per heavy atom. The normalized spacial score (nSPS) is 21.4. The Morgan fingerprint density at radius 1 is 1.08 bits per heavy atom. The van der Waals surface area contributed by atoms with Crippen LogP contribution in [0.1, 0.15) is 19.4 Å². The monoisotopic (exact) mass is 507 g/mol. The summed E-state index contributed by atoms with van der Waals surface area (Å²) in [4.78, 5) is 29.8. The van der Waals surface area contributed by atoms with Gasteiger partial charge in [0.15, 0.2) is 5.13 Å². The van der Waals surface area contributed by atoms with Gasteiger partial charge in [-0.15, -0.1) is 11.3 Å². The van der Waals surface area contributed by atoms with Crippen molar-refractivity contribution in [3.63, 3.8) is 0 Å². The lowest BCUT2D eigenvalue weighted by Crippen LogP contribution is -2.60. The number of carbonyl (C=O) groups excluding carboxylic acids is 2. The highest BCUT2D eigenvalue weighted by Gasteiger charge is 2.52. The number of anilines is 1. The lowest BCUT2D eigenvalue weighted by Gasteiger charge is -2.46. The topological polar surface area (TPSA) is 98.8 Å². The number of nitrogens with one attached hydrogen (secondary N) is 2. The molecule has 0 bridgehead atoms. The van der Waals surface area contributed by atoms with E-state index in [0.29, 0.717) is 16.4 Å². The first-order valence-corrected chi connectivity index (χ1v) is 12.3. The highest BCUT2D eigenvalue weighted by atomic mass is 32.1. The van der Waals surface area contributed by atoms with Gasteiger partial charge in [-0.3, -0.25) is 4.79 Å². The zero-order valence-corrected chi connectivity index (χ0v) is 21.6. The minimum Gasteiger partial charge on any atom is -0.496 e. The number of rotatable bonds is 6. The molecule has 3 aliphatic rings. The highest BCUT2D eigenvalue weighted by molar-refractivity contribution is 7.13. The molecule has 0 fully saturated rings. The predicted molar refractivity (Wildman–Crippen MR) is 139 cm³/mol. The van der Waals surface area contributed by atoms with E-state index in [-0.39, 0.29) is 0 Å². The number of ether oxygens (including phenoxy) is 3. The molecule has 1 aromatic carbocycles. The van der Waals surface area contributed by atoms with E-state index in [0.717, 1.165) is 11.3 Å². The zero-order valence-electron chi connectivity index (χ0n) is 20.8. The van der Waals surface area contributed by atoms with Crippen LogP contribution in [0.4, 0.5) is 5.13 Å². The molecule has 1 aliphatic heterocycles. The zero-order chi connectivity index (χ0) is 25.9. The van der Waals surface area contributed by atoms with Gasteiger partial charge in [0.05, 0.1) is 38.5 Å². The minimum atomic E-state index is -0.815. The fraction of sp³-hybridized carbons (Fsp3) is 0.296. The number of carbonyl (C=O) groups is 2. The SMILES string of the molecule is COC(=O)C1=C(C)NC(C)(c2ccccc2)C(C(=O)OC)C1Nc1nccs1.COc1ccc2cc1-2. The van der Waals surface area contributed by atoms with Gasteiger partial charge in [0.2, 0.25) is 0 Å². The summed E-state index contributed by atoms with van der Waals surface area (Å²) < 4.78 is 15.1. The molecule has 0 amide bonds. The molecule has 2 aromatic rings. The molecular weight excluding hydrogens is 478 g/mol. The van der Waals surface area contributed by atoms with Gasteiger partial charge in [-0.25, -0.2) is 9.78 Å². The molecule has 188 valence electrons. The maximum absolute atomic E-state index is 13.0. The van der Waals surface area contributed by atoms with E-state index in [2.05, 4.69) is 27.8 Å². The molecule has 5 rings (SSSR count). The average molecular weight is 508 g/mol. The van der Waals surface area contributed by atoms with Gasteiger partial charge < -0.3 is 24.8 Å². The van der Waals surface area contributed by atoms with Crippen LogP contribution < -0.4 is 15.4 Å². The molecule has 9 heteroatoms. The third-order valence-corrected chi connectivity index (χ3v) is 7.19. The van der Waals surface area contributed by atoms with Crippen LogP contribution in [0, 0.1) is 5.92 Å². The van der Waals surface area contributed by atoms with Gasteiger partial charge in [-0.2, -0.15) is 0 Å². The van der Waals surface area contributed by atoms with Crippen LogP contribution >= 0.6 is 11.3 Å². The van der Waals surface area contributed by atoms with Crippen molar-refractivity contribution in [1.29, 1.82) is 0 Å². The number of thiazole rings is 1. The first-order chi connectivity index (χ1) is 17.3. The van der Waals surface area contributed by atoms with Crippen molar-refractivity contribution < 1.29 is 23.8 Å². The van der Waals surface area contributed by atoms with Gasteiger partial charge in [0, 0.05) is 22.8 Å². The first kappa shape index (κ1) is 25.2. The number of hydrogen-bond acceptors (Lipinski definition) is 9. The molecule has 2 heterocycles. The Balaban J connectivity index is 0.000000318. The van der Waals surface area contributed by atoms with Crippen LogP contribution in [-0.4, -0.2) is 44.3 Å². The molecule has 8 nitrogen and oxygen atoms in total. The largest absolute Gasteiger partial charge is 0.496 e. The second kappa shape index (κ2) is 10.4. The van der Waals surface area contributed by atoms with Crippen LogP contribution in [0.5, 0.6) is 5.75 Å².